The van der Waals surface area contributed by atoms with Gasteiger partial charge in [-0.15, -0.1) is 11.8 Å². The van der Waals surface area contributed by atoms with Crippen LogP contribution in [0.25, 0.3) is 5.69 Å². The van der Waals surface area contributed by atoms with Crippen LogP contribution in [-0.2, 0) is 0 Å². The number of fused-ring (bicyclic) bond motifs is 3. The minimum Gasteiger partial charge on any atom is -0.497 e. The first-order valence-electron chi connectivity index (χ1n) is 7.38. The summed E-state index contributed by atoms with van der Waals surface area (Å²) in [6, 6.07) is 20.3. The fourth-order valence-electron chi connectivity index (χ4n) is 2.99. The molecule has 0 amide bonds. The zero-order chi connectivity index (χ0) is 15.8. The van der Waals surface area contributed by atoms with Gasteiger partial charge in [-0.3, -0.25) is 4.79 Å². The van der Waals surface area contributed by atoms with E-state index in [1.807, 2.05) is 48.2 Å². The quantitative estimate of drug-likeness (QED) is 0.666. The molecule has 1 atom stereocenters. The minimum absolute atomic E-state index is 0.157. The number of hydrogen-bond acceptors (Lipinski definition) is 3. The van der Waals surface area contributed by atoms with Crippen molar-refractivity contribution in [2.24, 2.45) is 0 Å². The normalized spacial score (nSPS) is 15.6. The van der Waals surface area contributed by atoms with Crippen LogP contribution < -0.4 is 4.74 Å². The number of carbonyl (C=O) groups excluding carboxylic acids is 1. The van der Waals surface area contributed by atoms with Crippen LogP contribution in [0.3, 0.4) is 0 Å². The van der Waals surface area contributed by atoms with Gasteiger partial charge in [0.2, 0.25) is 0 Å². The van der Waals surface area contributed by atoms with Gasteiger partial charge >= 0.3 is 0 Å². The van der Waals surface area contributed by atoms with Crippen LogP contribution in [0, 0.1) is 0 Å². The van der Waals surface area contributed by atoms with Crippen LogP contribution in [0.4, 0.5) is 0 Å². The van der Waals surface area contributed by atoms with Gasteiger partial charge in [-0.05, 0) is 42.0 Å². The van der Waals surface area contributed by atoms with E-state index in [1.54, 1.807) is 7.11 Å². The number of carbonyl (C=O) groups is 1. The molecule has 3 nitrogen and oxygen atoms in total. The van der Waals surface area contributed by atoms with Crippen LogP contribution in [0.1, 0.15) is 27.0 Å². The summed E-state index contributed by atoms with van der Waals surface area (Å²) >= 11 is 1.81. The molecule has 114 valence electrons. The lowest BCUT2D eigenvalue weighted by atomic mass is 10.1. The molecule has 0 bridgehead atoms. The number of aromatic nitrogens is 1. The molecule has 0 unspecified atom stereocenters. The molecule has 0 spiro atoms. The van der Waals surface area contributed by atoms with E-state index in [1.165, 1.54) is 10.5 Å². The van der Waals surface area contributed by atoms with Crippen molar-refractivity contribution in [1.29, 1.82) is 0 Å². The number of methoxy groups -OCH3 is 1. The van der Waals surface area contributed by atoms with Crippen molar-refractivity contribution >= 4 is 18.0 Å². The van der Waals surface area contributed by atoms with Crippen molar-refractivity contribution in [3.63, 3.8) is 0 Å². The van der Waals surface area contributed by atoms with Crippen LogP contribution in [-0.4, -0.2) is 18.0 Å². The number of hydrogen-bond donors (Lipinski definition) is 0. The third-order valence-corrected chi connectivity index (χ3v) is 5.45. The number of ether oxygens (including phenoxy) is 1. The van der Waals surface area contributed by atoms with Crippen molar-refractivity contribution in [2.75, 3.05) is 7.11 Å². The molecule has 0 aliphatic carbocycles. The van der Waals surface area contributed by atoms with Gasteiger partial charge in [0.15, 0.2) is 6.29 Å². The molecule has 3 aromatic rings. The molecule has 0 saturated heterocycles. The second-order valence-electron chi connectivity index (χ2n) is 5.38. The van der Waals surface area contributed by atoms with E-state index >= 15 is 0 Å². The first-order chi connectivity index (χ1) is 11.3. The highest BCUT2D eigenvalue weighted by Gasteiger charge is 2.28. The Morgan fingerprint density at radius 1 is 1.04 bits per heavy atom. The van der Waals surface area contributed by atoms with E-state index < -0.39 is 0 Å². The lowest BCUT2D eigenvalue weighted by molar-refractivity contribution is 0.111. The molecule has 4 rings (SSSR count). The molecular weight excluding hydrogens is 306 g/mol. The molecule has 23 heavy (non-hydrogen) atoms. The number of nitrogens with zero attached hydrogens (tertiary/aromatic N) is 1. The van der Waals surface area contributed by atoms with Crippen LogP contribution in [0.15, 0.2) is 65.6 Å². The van der Waals surface area contributed by atoms with Gasteiger partial charge in [0.1, 0.15) is 5.75 Å². The molecule has 0 N–H and O–H groups in total. The Hall–Kier alpha value is -2.46. The summed E-state index contributed by atoms with van der Waals surface area (Å²) in [5, 5.41) is 0.157. The Kier molecular flexibility index (Phi) is 3.46. The van der Waals surface area contributed by atoms with Gasteiger partial charge < -0.3 is 9.30 Å². The third-order valence-electron chi connectivity index (χ3n) is 4.10. The zero-order valence-electron chi connectivity index (χ0n) is 12.6. The zero-order valence-corrected chi connectivity index (χ0v) is 13.4. The van der Waals surface area contributed by atoms with E-state index in [9.17, 15) is 4.79 Å². The molecule has 0 radical (unpaired) electrons. The molecule has 1 aliphatic rings. The maximum atomic E-state index is 11.4. The first-order valence-corrected chi connectivity index (χ1v) is 8.26. The van der Waals surface area contributed by atoms with Crippen molar-refractivity contribution in [3.8, 4) is 11.4 Å². The largest absolute Gasteiger partial charge is 0.497 e. The van der Waals surface area contributed by atoms with Crippen molar-refractivity contribution in [1.82, 2.24) is 4.57 Å². The topological polar surface area (TPSA) is 31.2 Å². The third kappa shape index (κ3) is 2.26. The second kappa shape index (κ2) is 5.63. The molecule has 4 heteroatoms. The van der Waals surface area contributed by atoms with E-state index in [2.05, 4.69) is 28.8 Å². The van der Waals surface area contributed by atoms with E-state index in [4.69, 9.17) is 4.74 Å². The van der Waals surface area contributed by atoms with Crippen LogP contribution >= 0.6 is 11.8 Å². The lowest BCUT2D eigenvalue weighted by Crippen LogP contribution is -2.13. The number of para-hydroxylation sites is 1. The van der Waals surface area contributed by atoms with Crippen LogP contribution in [0.5, 0.6) is 5.75 Å². The highest BCUT2D eigenvalue weighted by Crippen LogP contribution is 2.48. The van der Waals surface area contributed by atoms with Crippen LogP contribution in [0.2, 0.25) is 0 Å². The van der Waals surface area contributed by atoms with E-state index in [0.29, 0.717) is 5.69 Å². The fraction of sp³-hybridized carbons (Fsp3) is 0.105. The Morgan fingerprint density at radius 2 is 1.83 bits per heavy atom. The Balaban J connectivity index is 1.87. The Labute approximate surface area is 138 Å². The molecule has 1 aromatic heterocycles. The summed E-state index contributed by atoms with van der Waals surface area (Å²) in [7, 11) is 1.67. The summed E-state index contributed by atoms with van der Waals surface area (Å²) in [5.41, 5.74) is 4.08. The van der Waals surface area contributed by atoms with Crippen molar-refractivity contribution < 1.29 is 9.53 Å². The number of aldehydes is 1. The average Bonchev–Trinajstić information content (AvgIpc) is 3.05. The molecule has 0 fully saturated rings. The maximum absolute atomic E-state index is 11.4. The minimum atomic E-state index is 0.157. The average molecular weight is 321 g/mol. The maximum Gasteiger partial charge on any atom is 0.166 e. The standard InChI is InChI=1S/C19H15NO2S/c1-22-15-9-6-13(7-10-15)19-17-11-8-14(12-21)20(17)16-4-2-3-5-18(16)23-19/h2-12,19H,1H3/t19-/m1/s1. The highest BCUT2D eigenvalue weighted by molar-refractivity contribution is 8.00. The number of thioether (sulfide) groups is 1. The monoisotopic (exact) mass is 321 g/mol. The van der Waals surface area contributed by atoms with Gasteiger partial charge in [-0.2, -0.15) is 0 Å². The summed E-state index contributed by atoms with van der Waals surface area (Å²) in [5.74, 6) is 0.846. The molecule has 2 heterocycles. The highest BCUT2D eigenvalue weighted by atomic mass is 32.2. The van der Waals surface area contributed by atoms with Crippen molar-refractivity contribution in [3.05, 3.63) is 77.6 Å². The lowest BCUT2D eigenvalue weighted by Gasteiger charge is -2.27. The molecule has 2 aromatic carbocycles. The summed E-state index contributed by atoms with van der Waals surface area (Å²) in [4.78, 5) is 12.6. The first kappa shape index (κ1) is 14.2. The Morgan fingerprint density at radius 3 is 2.57 bits per heavy atom. The van der Waals surface area contributed by atoms with E-state index in [0.717, 1.165) is 23.4 Å². The summed E-state index contributed by atoms with van der Waals surface area (Å²) in [6.07, 6.45) is 0.918. The number of benzene rings is 2. The number of rotatable bonds is 3. The summed E-state index contributed by atoms with van der Waals surface area (Å²) < 4.78 is 7.31. The summed E-state index contributed by atoms with van der Waals surface area (Å²) in [6.45, 7) is 0. The molecule has 1 aliphatic heterocycles. The van der Waals surface area contributed by atoms with Gasteiger partial charge in [0.05, 0.1) is 23.7 Å². The van der Waals surface area contributed by atoms with Crippen molar-refractivity contribution in [2.45, 2.75) is 10.1 Å². The predicted molar refractivity (Wildman–Crippen MR) is 91.9 cm³/mol. The van der Waals surface area contributed by atoms with Gasteiger partial charge in [-0.25, -0.2) is 0 Å². The predicted octanol–water partition coefficient (Wildman–Crippen LogP) is 4.49. The molecular formula is C19H15NO2S. The Bertz CT molecular complexity index is 867. The molecule has 0 saturated carbocycles. The SMILES string of the molecule is COc1ccc([C@H]2Sc3ccccc3-n3c(C=O)ccc32)cc1. The smallest absolute Gasteiger partial charge is 0.166 e. The van der Waals surface area contributed by atoms with Gasteiger partial charge in [0.25, 0.3) is 0 Å². The van der Waals surface area contributed by atoms with Gasteiger partial charge in [-0.1, -0.05) is 24.3 Å². The van der Waals surface area contributed by atoms with E-state index in [-0.39, 0.29) is 5.25 Å². The second-order valence-corrected chi connectivity index (χ2v) is 6.52. The fourth-order valence-corrected chi connectivity index (χ4v) is 4.28. The van der Waals surface area contributed by atoms with Gasteiger partial charge in [0, 0.05) is 10.6 Å².